The van der Waals surface area contributed by atoms with Gasteiger partial charge in [0, 0.05) is 23.4 Å². The Balaban J connectivity index is 1.88. The lowest BCUT2D eigenvalue weighted by Gasteiger charge is -2.26. The Labute approximate surface area is 109 Å². The molecule has 3 heteroatoms. The maximum absolute atomic E-state index is 5.80. The van der Waals surface area contributed by atoms with Crippen LogP contribution in [0.5, 0.6) is 0 Å². The SMILES string of the molecule is Cc1ccsc1C(C)(C)CNCC1(CN)CC1. The summed E-state index contributed by atoms with van der Waals surface area (Å²) in [6.07, 6.45) is 2.60. The first kappa shape index (κ1) is 13.1. The normalized spacial score (nSPS) is 18.4. The lowest BCUT2D eigenvalue weighted by Crippen LogP contribution is -2.37. The average molecular weight is 252 g/mol. The molecule has 1 saturated carbocycles. The van der Waals surface area contributed by atoms with Crippen LogP contribution in [0.4, 0.5) is 0 Å². The number of rotatable bonds is 6. The predicted octanol–water partition coefficient (Wildman–Crippen LogP) is 2.66. The molecule has 1 heterocycles. The molecular weight excluding hydrogens is 228 g/mol. The van der Waals surface area contributed by atoms with E-state index in [1.54, 1.807) is 0 Å². The lowest BCUT2D eigenvalue weighted by molar-refractivity contribution is 0.413. The summed E-state index contributed by atoms with van der Waals surface area (Å²) in [7, 11) is 0. The van der Waals surface area contributed by atoms with E-state index in [9.17, 15) is 0 Å². The molecule has 1 aliphatic rings. The topological polar surface area (TPSA) is 38.0 Å². The molecule has 1 aliphatic carbocycles. The molecule has 1 fully saturated rings. The van der Waals surface area contributed by atoms with Crippen molar-refractivity contribution in [2.24, 2.45) is 11.1 Å². The summed E-state index contributed by atoms with van der Waals surface area (Å²) in [4.78, 5) is 1.50. The monoisotopic (exact) mass is 252 g/mol. The third kappa shape index (κ3) is 2.90. The Kier molecular flexibility index (Phi) is 3.62. The first-order valence-electron chi connectivity index (χ1n) is 6.44. The number of nitrogens with one attached hydrogen (secondary N) is 1. The van der Waals surface area contributed by atoms with E-state index in [1.807, 2.05) is 11.3 Å². The molecule has 2 nitrogen and oxygen atoms in total. The van der Waals surface area contributed by atoms with Crippen LogP contribution in [0, 0.1) is 12.3 Å². The number of aryl methyl sites for hydroxylation is 1. The molecule has 17 heavy (non-hydrogen) atoms. The van der Waals surface area contributed by atoms with E-state index < -0.39 is 0 Å². The Morgan fingerprint density at radius 3 is 2.65 bits per heavy atom. The molecule has 96 valence electrons. The summed E-state index contributed by atoms with van der Waals surface area (Å²) < 4.78 is 0. The van der Waals surface area contributed by atoms with E-state index in [4.69, 9.17) is 5.73 Å². The van der Waals surface area contributed by atoms with Gasteiger partial charge in [-0.2, -0.15) is 0 Å². The van der Waals surface area contributed by atoms with Gasteiger partial charge in [-0.15, -0.1) is 11.3 Å². The standard InChI is InChI=1S/C14H24N2S/c1-11-4-7-17-12(11)13(2,3)9-16-10-14(8-15)5-6-14/h4,7,16H,5-6,8-10,15H2,1-3H3. The van der Waals surface area contributed by atoms with Gasteiger partial charge in [-0.05, 0) is 48.7 Å². The fraction of sp³-hybridized carbons (Fsp3) is 0.714. The van der Waals surface area contributed by atoms with Crippen molar-refractivity contribution < 1.29 is 0 Å². The molecule has 2 rings (SSSR count). The second-order valence-corrected chi connectivity index (χ2v) is 7.04. The van der Waals surface area contributed by atoms with E-state index in [-0.39, 0.29) is 5.41 Å². The van der Waals surface area contributed by atoms with E-state index in [0.29, 0.717) is 5.41 Å². The van der Waals surface area contributed by atoms with Gasteiger partial charge in [-0.25, -0.2) is 0 Å². The van der Waals surface area contributed by atoms with Gasteiger partial charge >= 0.3 is 0 Å². The van der Waals surface area contributed by atoms with E-state index in [1.165, 1.54) is 23.3 Å². The van der Waals surface area contributed by atoms with Crippen LogP contribution in [0.1, 0.15) is 37.1 Å². The van der Waals surface area contributed by atoms with Gasteiger partial charge in [0.2, 0.25) is 0 Å². The van der Waals surface area contributed by atoms with Crippen molar-refractivity contribution in [3.8, 4) is 0 Å². The second kappa shape index (κ2) is 4.71. The Morgan fingerprint density at radius 2 is 2.18 bits per heavy atom. The van der Waals surface area contributed by atoms with E-state index in [0.717, 1.165) is 19.6 Å². The number of hydrogen-bond acceptors (Lipinski definition) is 3. The van der Waals surface area contributed by atoms with Crippen molar-refractivity contribution in [1.29, 1.82) is 0 Å². The van der Waals surface area contributed by atoms with Crippen molar-refractivity contribution in [1.82, 2.24) is 5.32 Å². The third-order valence-corrected chi connectivity index (χ3v) is 5.32. The molecule has 0 spiro atoms. The number of thiophene rings is 1. The lowest BCUT2D eigenvalue weighted by atomic mass is 9.89. The van der Waals surface area contributed by atoms with Crippen molar-refractivity contribution in [2.75, 3.05) is 19.6 Å². The van der Waals surface area contributed by atoms with Crippen LogP contribution in [0.2, 0.25) is 0 Å². The third-order valence-electron chi connectivity index (χ3n) is 3.93. The van der Waals surface area contributed by atoms with Crippen LogP contribution in [0.3, 0.4) is 0 Å². The Bertz CT molecular complexity index is 377. The van der Waals surface area contributed by atoms with E-state index in [2.05, 4.69) is 37.5 Å². The van der Waals surface area contributed by atoms with E-state index >= 15 is 0 Å². The van der Waals surface area contributed by atoms with Crippen LogP contribution < -0.4 is 11.1 Å². The number of nitrogens with two attached hydrogens (primary N) is 1. The maximum Gasteiger partial charge on any atom is 0.0143 e. The smallest absolute Gasteiger partial charge is 0.0143 e. The van der Waals surface area contributed by atoms with Crippen LogP contribution in [-0.4, -0.2) is 19.6 Å². The van der Waals surface area contributed by atoms with Crippen molar-refractivity contribution in [3.63, 3.8) is 0 Å². The highest BCUT2D eigenvalue weighted by molar-refractivity contribution is 7.10. The zero-order valence-corrected chi connectivity index (χ0v) is 12.0. The Hall–Kier alpha value is -0.380. The quantitative estimate of drug-likeness (QED) is 0.817. The second-order valence-electron chi connectivity index (χ2n) is 6.12. The molecule has 0 amide bonds. The zero-order valence-electron chi connectivity index (χ0n) is 11.2. The molecule has 1 aromatic heterocycles. The first-order valence-corrected chi connectivity index (χ1v) is 7.32. The van der Waals surface area contributed by atoms with Gasteiger partial charge in [0.15, 0.2) is 0 Å². The maximum atomic E-state index is 5.80. The highest BCUT2D eigenvalue weighted by Crippen LogP contribution is 2.43. The minimum atomic E-state index is 0.225. The molecule has 0 atom stereocenters. The molecule has 0 bridgehead atoms. The van der Waals surface area contributed by atoms with Crippen LogP contribution in [0.15, 0.2) is 11.4 Å². The fourth-order valence-corrected chi connectivity index (χ4v) is 3.47. The molecule has 0 saturated heterocycles. The first-order chi connectivity index (χ1) is 7.99. The van der Waals surface area contributed by atoms with Gasteiger partial charge in [0.05, 0.1) is 0 Å². The molecule has 0 aliphatic heterocycles. The molecule has 3 N–H and O–H groups in total. The highest BCUT2D eigenvalue weighted by Gasteiger charge is 2.40. The number of hydrogen-bond donors (Lipinski definition) is 2. The largest absolute Gasteiger partial charge is 0.330 e. The fourth-order valence-electron chi connectivity index (χ4n) is 2.42. The van der Waals surface area contributed by atoms with Crippen LogP contribution in [0.25, 0.3) is 0 Å². The molecule has 1 aromatic rings. The zero-order chi connectivity index (χ0) is 12.5. The molecule has 0 unspecified atom stereocenters. The molecular formula is C14H24N2S. The van der Waals surface area contributed by atoms with Gasteiger partial charge in [-0.1, -0.05) is 13.8 Å². The van der Waals surface area contributed by atoms with Crippen LogP contribution >= 0.6 is 11.3 Å². The predicted molar refractivity (Wildman–Crippen MR) is 75.7 cm³/mol. The summed E-state index contributed by atoms with van der Waals surface area (Å²) in [5, 5.41) is 5.81. The van der Waals surface area contributed by atoms with Crippen LogP contribution in [-0.2, 0) is 5.41 Å². The molecule has 0 radical (unpaired) electrons. The van der Waals surface area contributed by atoms with Gasteiger partial charge in [-0.3, -0.25) is 0 Å². The van der Waals surface area contributed by atoms with Crippen molar-refractivity contribution in [3.05, 3.63) is 21.9 Å². The minimum absolute atomic E-state index is 0.225. The average Bonchev–Trinajstić information content (AvgIpc) is 2.92. The van der Waals surface area contributed by atoms with Gasteiger partial charge in [0.1, 0.15) is 0 Å². The summed E-state index contributed by atoms with van der Waals surface area (Å²) >= 11 is 1.87. The van der Waals surface area contributed by atoms with Gasteiger partial charge in [0.25, 0.3) is 0 Å². The minimum Gasteiger partial charge on any atom is -0.330 e. The highest BCUT2D eigenvalue weighted by atomic mass is 32.1. The summed E-state index contributed by atoms with van der Waals surface area (Å²) in [6.45, 7) is 9.80. The molecule has 0 aromatic carbocycles. The van der Waals surface area contributed by atoms with Crippen molar-refractivity contribution in [2.45, 2.75) is 39.0 Å². The van der Waals surface area contributed by atoms with Crippen molar-refractivity contribution >= 4 is 11.3 Å². The summed E-state index contributed by atoms with van der Waals surface area (Å²) in [6, 6.07) is 2.21. The summed E-state index contributed by atoms with van der Waals surface area (Å²) in [5.41, 5.74) is 7.87. The van der Waals surface area contributed by atoms with Gasteiger partial charge < -0.3 is 11.1 Å². The summed E-state index contributed by atoms with van der Waals surface area (Å²) in [5.74, 6) is 0. The Morgan fingerprint density at radius 1 is 1.47 bits per heavy atom.